The van der Waals surface area contributed by atoms with Gasteiger partial charge >= 0.3 is 5.97 Å². The standard InChI is InChI=1S/C9H14O2/c1-5-8(6-2)11-9(10)7(3)4/h5,8H,1,3,6H2,2,4H3. The van der Waals surface area contributed by atoms with Gasteiger partial charge in [0.1, 0.15) is 6.10 Å². The van der Waals surface area contributed by atoms with Crippen LogP contribution in [0.1, 0.15) is 20.3 Å². The molecule has 0 saturated carbocycles. The molecule has 0 aliphatic rings. The molecule has 0 heterocycles. The molecule has 0 N–H and O–H groups in total. The van der Waals surface area contributed by atoms with Crippen molar-refractivity contribution < 1.29 is 9.53 Å². The van der Waals surface area contributed by atoms with Crippen LogP contribution in [-0.4, -0.2) is 12.1 Å². The van der Waals surface area contributed by atoms with E-state index in [2.05, 4.69) is 13.2 Å². The molecular weight excluding hydrogens is 140 g/mol. The highest BCUT2D eigenvalue weighted by molar-refractivity contribution is 5.87. The van der Waals surface area contributed by atoms with Crippen molar-refractivity contribution in [1.82, 2.24) is 0 Å². The number of carbonyl (C=O) groups excluding carboxylic acids is 1. The summed E-state index contributed by atoms with van der Waals surface area (Å²) < 4.78 is 4.95. The van der Waals surface area contributed by atoms with Gasteiger partial charge in [-0.3, -0.25) is 0 Å². The zero-order valence-electron chi connectivity index (χ0n) is 7.09. The van der Waals surface area contributed by atoms with Crippen LogP contribution in [0.2, 0.25) is 0 Å². The van der Waals surface area contributed by atoms with Gasteiger partial charge in [0.05, 0.1) is 0 Å². The molecular formula is C9H14O2. The summed E-state index contributed by atoms with van der Waals surface area (Å²) >= 11 is 0. The van der Waals surface area contributed by atoms with Gasteiger partial charge in [0.15, 0.2) is 0 Å². The van der Waals surface area contributed by atoms with Gasteiger partial charge in [-0.25, -0.2) is 4.79 Å². The Labute approximate surface area is 67.6 Å². The van der Waals surface area contributed by atoms with Crippen molar-refractivity contribution in [1.29, 1.82) is 0 Å². The van der Waals surface area contributed by atoms with Gasteiger partial charge in [0.2, 0.25) is 0 Å². The first kappa shape index (κ1) is 9.95. The summed E-state index contributed by atoms with van der Waals surface area (Å²) in [5.74, 6) is -0.350. The summed E-state index contributed by atoms with van der Waals surface area (Å²) in [5, 5.41) is 0. The van der Waals surface area contributed by atoms with Crippen LogP contribution in [-0.2, 0) is 9.53 Å². The van der Waals surface area contributed by atoms with Crippen molar-refractivity contribution >= 4 is 5.97 Å². The maximum absolute atomic E-state index is 10.9. The molecule has 0 aliphatic heterocycles. The average Bonchev–Trinajstić information content (AvgIpc) is 1.99. The fourth-order valence-corrected chi connectivity index (χ4v) is 0.536. The smallest absolute Gasteiger partial charge is 0.333 e. The molecule has 2 heteroatoms. The number of carbonyl (C=O) groups is 1. The molecule has 0 aliphatic carbocycles. The van der Waals surface area contributed by atoms with Crippen LogP contribution in [0.15, 0.2) is 24.8 Å². The van der Waals surface area contributed by atoms with Gasteiger partial charge in [0.25, 0.3) is 0 Å². The fourth-order valence-electron chi connectivity index (χ4n) is 0.536. The molecule has 1 unspecified atom stereocenters. The van der Waals surface area contributed by atoms with Crippen LogP contribution in [0.25, 0.3) is 0 Å². The summed E-state index contributed by atoms with van der Waals surface area (Å²) in [6.07, 6.45) is 2.18. The Kier molecular flexibility index (Phi) is 4.27. The number of rotatable bonds is 4. The molecule has 0 bridgehead atoms. The van der Waals surface area contributed by atoms with Crippen molar-refractivity contribution in [3.05, 3.63) is 24.8 Å². The number of hydrogen-bond acceptors (Lipinski definition) is 2. The van der Waals surface area contributed by atoms with Crippen molar-refractivity contribution in [3.8, 4) is 0 Å². The van der Waals surface area contributed by atoms with E-state index in [-0.39, 0.29) is 12.1 Å². The van der Waals surface area contributed by atoms with Crippen LogP contribution < -0.4 is 0 Å². The zero-order valence-corrected chi connectivity index (χ0v) is 7.09. The predicted molar refractivity (Wildman–Crippen MR) is 45.2 cm³/mol. The number of hydrogen-bond donors (Lipinski definition) is 0. The van der Waals surface area contributed by atoms with E-state index in [4.69, 9.17) is 4.74 Å². The molecule has 11 heavy (non-hydrogen) atoms. The lowest BCUT2D eigenvalue weighted by molar-refractivity contribution is -0.142. The molecule has 0 radical (unpaired) electrons. The molecule has 0 amide bonds. The third-order valence-corrected chi connectivity index (χ3v) is 1.27. The highest BCUT2D eigenvalue weighted by Gasteiger charge is 2.08. The van der Waals surface area contributed by atoms with Gasteiger partial charge < -0.3 is 4.74 Å². The van der Waals surface area contributed by atoms with Crippen molar-refractivity contribution in [3.63, 3.8) is 0 Å². The Morgan fingerprint density at radius 2 is 2.27 bits per heavy atom. The quantitative estimate of drug-likeness (QED) is 0.352. The van der Waals surface area contributed by atoms with Crippen LogP contribution in [0, 0.1) is 0 Å². The monoisotopic (exact) mass is 154 g/mol. The summed E-state index contributed by atoms with van der Waals surface area (Å²) in [6, 6.07) is 0. The van der Waals surface area contributed by atoms with E-state index in [1.165, 1.54) is 0 Å². The van der Waals surface area contributed by atoms with Gasteiger partial charge in [-0.1, -0.05) is 26.2 Å². The Morgan fingerprint density at radius 3 is 2.55 bits per heavy atom. The van der Waals surface area contributed by atoms with E-state index in [0.29, 0.717) is 5.57 Å². The maximum atomic E-state index is 10.9. The summed E-state index contributed by atoms with van der Waals surface area (Å²) in [5.41, 5.74) is 0.422. The van der Waals surface area contributed by atoms with E-state index >= 15 is 0 Å². The first-order valence-corrected chi connectivity index (χ1v) is 3.60. The Balaban J connectivity index is 3.91. The normalized spacial score (nSPS) is 11.8. The zero-order chi connectivity index (χ0) is 8.85. The largest absolute Gasteiger partial charge is 0.455 e. The third kappa shape index (κ3) is 3.61. The summed E-state index contributed by atoms with van der Waals surface area (Å²) in [7, 11) is 0. The molecule has 0 aromatic carbocycles. The number of esters is 1. The lowest BCUT2D eigenvalue weighted by atomic mass is 10.2. The summed E-state index contributed by atoms with van der Waals surface area (Å²) in [4.78, 5) is 10.9. The molecule has 0 aromatic heterocycles. The first-order valence-electron chi connectivity index (χ1n) is 3.60. The summed E-state index contributed by atoms with van der Waals surface area (Å²) in [6.45, 7) is 10.6. The minimum atomic E-state index is -0.350. The van der Waals surface area contributed by atoms with Crippen LogP contribution in [0.3, 0.4) is 0 Å². The second kappa shape index (κ2) is 4.72. The van der Waals surface area contributed by atoms with E-state index in [0.717, 1.165) is 6.42 Å². The van der Waals surface area contributed by atoms with E-state index in [1.54, 1.807) is 13.0 Å². The molecule has 62 valence electrons. The second-order valence-corrected chi connectivity index (χ2v) is 2.37. The van der Waals surface area contributed by atoms with Crippen molar-refractivity contribution in [2.45, 2.75) is 26.4 Å². The minimum absolute atomic E-state index is 0.181. The number of ether oxygens (including phenoxy) is 1. The van der Waals surface area contributed by atoms with Gasteiger partial charge in [-0.05, 0) is 13.3 Å². The van der Waals surface area contributed by atoms with E-state index in [1.807, 2.05) is 6.92 Å². The topological polar surface area (TPSA) is 26.3 Å². The molecule has 0 fully saturated rings. The van der Waals surface area contributed by atoms with Crippen LogP contribution in [0.5, 0.6) is 0 Å². The van der Waals surface area contributed by atoms with E-state index < -0.39 is 0 Å². The Morgan fingerprint density at radius 1 is 1.73 bits per heavy atom. The molecule has 0 rings (SSSR count). The molecule has 0 saturated heterocycles. The lowest BCUT2D eigenvalue weighted by Gasteiger charge is -2.10. The highest BCUT2D eigenvalue weighted by atomic mass is 16.5. The SMILES string of the molecule is C=CC(CC)OC(=O)C(=C)C. The third-order valence-electron chi connectivity index (χ3n) is 1.27. The lowest BCUT2D eigenvalue weighted by Crippen LogP contribution is -2.14. The average molecular weight is 154 g/mol. The van der Waals surface area contributed by atoms with Crippen molar-refractivity contribution in [2.75, 3.05) is 0 Å². The van der Waals surface area contributed by atoms with Crippen LogP contribution in [0.4, 0.5) is 0 Å². The molecule has 0 aromatic rings. The first-order chi connectivity index (χ1) is 5.11. The molecule has 0 spiro atoms. The predicted octanol–water partition coefficient (Wildman–Crippen LogP) is 2.07. The van der Waals surface area contributed by atoms with Gasteiger partial charge in [0, 0.05) is 5.57 Å². The Bertz CT molecular complexity index is 170. The second-order valence-electron chi connectivity index (χ2n) is 2.37. The minimum Gasteiger partial charge on any atom is -0.455 e. The fraction of sp³-hybridized carbons (Fsp3) is 0.444. The molecule has 2 nitrogen and oxygen atoms in total. The van der Waals surface area contributed by atoms with E-state index in [9.17, 15) is 4.79 Å². The highest BCUT2D eigenvalue weighted by Crippen LogP contribution is 2.02. The molecule has 1 atom stereocenters. The maximum Gasteiger partial charge on any atom is 0.333 e. The van der Waals surface area contributed by atoms with Gasteiger partial charge in [-0.15, -0.1) is 0 Å². The van der Waals surface area contributed by atoms with Crippen LogP contribution >= 0.6 is 0 Å². The van der Waals surface area contributed by atoms with Gasteiger partial charge in [-0.2, -0.15) is 0 Å². The van der Waals surface area contributed by atoms with Crippen molar-refractivity contribution in [2.24, 2.45) is 0 Å². The Hall–Kier alpha value is -1.05.